The van der Waals surface area contributed by atoms with Crippen LogP contribution in [0.1, 0.15) is 13.8 Å². The monoisotopic (exact) mass is 374 g/mol. The summed E-state index contributed by atoms with van der Waals surface area (Å²) in [7, 11) is 0. The van der Waals surface area contributed by atoms with Crippen LogP contribution >= 0.6 is 11.6 Å². The molecule has 1 atom stereocenters. The summed E-state index contributed by atoms with van der Waals surface area (Å²) in [4.78, 5) is 30.8. The van der Waals surface area contributed by atoms with Crippen LogP contribution in [0.5, 0.6) is 5.75 Å². The number of aromatic nitrogens is 1. The van der Waals surface area contributed by atoms with Gasteiger partial charge in [0.1, 0.15) is 12.4 Å². The first-order valence-corrected chi connectivity index (χ1v) is 8.53. The smallest absolute Gasteiger partial charge is 0.270 e. The Labute approximate surface area is 156 Å². The standard InChI is InChI=1S/C18H19ClN4O3/c1-10(2)16-18(25)23(17-13(26-16)7-8-14(20)22-17)9-15(24)21-12-6-4-3-5-11(12)19/h3-8,10,16H,9H2,1-2H3,(H2,20,22)(H,21,24). The number of para-hydroxylation sites is 1. The molecule has 1 aromatic heterocycles. The molecule has 0 saturated heterocycles. The number of hydrogen-bond acceptors (Lipinski definition) is 5. The van der Waals surface area contributed by atoms with E-state index in [2.05, 4.69) is 10.3 Å². The zero-order valence-electron chi connectivity index (χ0n) is 14.4. The first-order valence-electron chi connectivity index (χ1n) is 8.15. The van der Waals surface area contributed by atoms with Gasteiger partial charge in [-0.25, -0.2) is 4.98 Å². The zero-order valence-corrected chi connectivity index (χ0v) is 15.2. The van der Waals surface area contributed by atoms with Crippen LogP contribution in [0.2, 0.25) is 5.02 Å². The van der Waals surface area contributed by atoms with Gasteiger partial charge in [-0.1, -0.05) is 37.6 Å². The largest absolute Gasteiger partial charge is 0.476 e. The lowest BCUT2D eigenvalue weighted by molar-refractivity contribution is -0.129. The van der Waals surface area contributed by atoms with E-state index in [4.69, 9.17) is 22.1 Å². The van der Waals surface area contributed by atoms with Gasteiger partial charge >= 0.3 is 0 Å². The zero-order chi connectivity index (χ0) is 18.8. The average Bonchev–Trinajstić information content (AvgIpc) is 2.59. The number of carbonyl (C=O) groups excluding carboxylic acids is 2. The van der Waals surface area contributed by atoms with Crippen molar-refractivity contribution in [2.75, 3.05) is 22.5 Å². The number of ether oxygens (including phenoxy) is 1. The quantitative estimate of drug-likeness (QED) is 0.857. The van der Waals surface area contributed by atoms with Crippen molar-refractivity contribution in [3.05, 3.63) is 41.4 Å². The summed E-state index contributed by atoms with van der Waals surface area (Å²) in [5.41, 5.74) is 6.21. The molecule has 136 valence electrons. The predicted octanol–water partition coefficient (Wildman–Crippen LogP) is 2.71. The Balaban J connectivity index is 1.87. The predicted molar refractivity (Wildman–Crippen MR) is 100 cm³/mol. The van der Waals surface area contributed by atoms with Gasteiger partial charge in [0, 0.05) is 0 Å². The minimum Gasteiger partial charge on any atom is -0.476 e. The fraction of sp³-hybridized carbons (Fsp3) is 0.278. The molecule has 0 saturated carbocycles. The summed E-state index contributed by atoms with van der Waals surface area (Å²) in [5, 5.41) is 3.12. The van der Waals surface area contributed by atoms with Gasteiger partial charge in [0.2, 0.25) is 5.91 Å². The van der Waals surface area contributed by atoms with E-state index >= 15 is 0 Å². The number of carbonyl (C=O) groups is 2. The summed E-state index contributed by atoms with van der Waals surface area (Å²) in [6, 6.07) is 10.1. The lowest BCUT2D eigenvalue weighted by atomic mass is 10.0. The van der Waals surface area contributed by atoms with Crippen molar-refractivity contribution in [2.24, 2.45) is 5.92 Å². The van der Waals surface area contributed by atoms with Crippen LogP contribution in [-0.2, 0) is 9.59 Å². The van der Waals surface area contributed by atoms with Crippen molar-refractivity contribution in [2.45, 2.75) is 20.0 Å². The molecule has 8 heteroatoms. The Morgan fingerprint density at radius 2 is 2.08 bits per heavy atom. The van der Waals surface area contributed by atoms with Crippen LogP contribution in [0.4, 0.5) is 17.3 Å². The van der Waals surface area contributed by atoms with Crippen LogP contribution in [-0.4, -0.2) is 29.4 Å². The van der Waals surface area contributed by atoms with Gasteiger partial charge in [-0.05, 0) is 30.2 Å². The topological polar surface area (TPSA) is 97.6 Å². The molecule has 3 N–H and O–H groups in total. The highest BCUT2D eigenvalue weighted by atomic mass is 35.5. The molecule has 0 aliphatic carbocycles. The van der Waals surface area contributed by atoms with Crippen LogP contribution in [0.25, 0.3) is 0 Å². The van der Waals surface area contributed by atoms with Gasteiger partial charge in [-0.2, -0.15) is 0 Å². The second-order valence-electron chi connectivity index (χ2n) is 6.29. The lowest BCUT2D eigenvalue weighted by Crippen LogP contribution is -2.51. The number of halogens is 1. The maximum absolute atomic E-state index is 12.8. The van der Waals surface area contributed by atoms with Crippen molar-refractivity contribution >= 4 is 40.7 Å². The van der Waals surface area contributed by atoms with E-state index < -0.39 is 12.0 Å². The van der Waals surface area contributed by atoms with Crippen LogP contribution in [0.15, 0.2) is 36.4 Å². The Hall–Kier alpha value is -2.80. The van der Waals surface area contributed by atoms with E-state index in [1.807, 2.05) is 13.8 Å². The average molecular weight is 375 g/mol. The first kappa shape index (κ1) is 18.0. The summed E-state index contributed by atoms with van der Waals surface area (Å²) in [6.45, 7) is 3.53. The van der Waals surface area contributed by atoms with E-state index in [1.165, 1.54) is 4.90 Å². The summed E-state index contributed by atoms with van der Waals surface area (Å²) in [5.74, 6) is 0.0946. The number of nitrogens with one attached hydrogen (secondary N) is 1. The molecular weight excluding hydrogens is 356 g/mol. The summed E-state index contributed by atoms with van der Waals surface area (Å²) in [6.07, 6.45) is -0.693. The van der Waals surface area contributed by atoms with Crippen molar-refractivity contribution in [3.8, 4) is 5.75 Å². The highest BCUT2D eigenvalue weighted by Gasteiger charge is 2.38. The second kappa shape index (κ2) is 7.21. The van der Waals surface area contributed by atoms with Crippen molar-refractivity contribution in [1.82, 2.24) is 4.98 Å². The molecule has 0 bridgehead atoms. The normalized spacial score (nSPS) is 16.2. The van der Waals surface area contributed by atoms with Crippen LogP contribution in [0.3, 0.4) is 0 Å². The fourth-order valence-electron chi connectivity index (χ4n) is 2.65. The van der Waals surface area contributed by atoms with Gasteiger partial charge in [-0.3, -0.25) is 14.5 Å². The molecule has 0 spiro atoms. The number of hydrogen-bond donors (Lipinski definition) is 2. The number of fused-ring (bicyclic) bond motifs is 1. The van der Waals surface area contributed by atoms with Gasteiger partial charge < -0.3 is 15.8 Å². The molecule has 1 aromatic carbocycles. The third-order valence-electron chi connectivity index (χ3n) is 3.94. The van der Waals surface area contributed by atoms with Gasteiger partial charge in [0.25, 0.3) is 5.91 Å². The molecular formula is C18H19ClN4O3. The molecule has 2 amide bonds. The highest BCUT2D eigenvalue weighted by Crippen LogP contribution is 2.34. The number of nitrogens with zero attached hydrogens (tertiary/aromatic N) is 2. The van der Waals surface area contributed by atoms with Crippen LogP contribution in [0, 0.1) is 5.92 Å². The third-order valence-corrected chi connectivity index (χ3v) is 4.26. The van der Waals surface area contributed by atoms with Crippen LogP contribution < -0.4 is 20.7 Å². The minimum absolute atomic E-state index is 0.0673. The Bertz CT molecular complexity index is 856. The molecule has 2 heterocycles. The number of amides is 2. The number of nitrogens with two attached hydrogens (primary N) is 1. The summed E-state index contributed by atoms with van der Waals surface area (Å²) >= 11 is 6.06. The Kier molecular flexibility index (Phi) is 4.99. The van der Waals surface area contributed by atoms with Crippen molar-refractivity contribution < 1.29 is 14.3 Å². The SMILES string of the molecule is CC(C)C1Oc2ccc(N)nc2N(CC(=O)Nc2ccccc2Cl)C1=O. The molecule has 3 rings (SSSR count). The molecule has 2 aromatic rings. The minimum atomic E-state index is -0.693. The van der Waals surface area contributed by atoms with Gasteiger partial charge in [-0.15, -0.1) is 0 Å². The third kappa shape index (κ3) is 3.57. The number of nitrogen functional groups attached to an aromatic ring is 1. The van der Waals surface area contributed by atoms with E-state index in [0.29, 0.717) is 16.5 Å². The summed E-state index contributed by atoms with van der Waals surface area (Å²) < 4.78 is 5.75. The fourth-order valence-corrected chi connectivity index (χ4v) is 2.83. The van der Waals surface area contributed by atoms with Crippen molar-refractivity contribution in [1.29, 1.82) is 0 Å². The molecule has 0 fully saturated rings. The molecule has 1 unspecified atom stereocenters. The van der Waals surface area contributed by atoms with Gasteiger partial charge in [0.05, 0.1) is 10.7 Å². The highest BCUT2D eigenvalue weighted by molar-refractivity contribution is 6.33. The Morgan fingerprint density at radius 1 is 1.35 bits per heavy atom. The maximum atomic E-state index is 12.8. The van der Waals surface area contributed by atoms with E-state index in [-0.39, 0.29) is 30.0 Å². The van der Waals surface area contributed by atoms with E-state index in [0.717, 1.165) is 0 Å². The number of pyridine rings is 1. The van der Waals surface area contributed by atoms with E-state index in [9.17, 15) is 9.59 Å². The molecule has 7 nitrogen and oxygen atoms in total. The molecule has 26 heavy (non-hydrogen) atoms. The number of rotatable bonds is 4. The Morgan fingerprint density at radius 3 is 2.77 bits per heavy atom. The molecule has 1 aliphatic rings. The van der Waals surface area contributed by atoms with E-state index in [1.54, 1.807) is 36.4 Å². The lowest BCUT2D eigenvalue weighted by Gasteiger charge is -2.34. The first-order chi connectivity index (χ1) is 12.4. The molecule has 1 aliphatic heterocycles. The maximum Gasteiger partial charge on any atom is 0.270 e. The second-order valence-corrected chi connectivity index (χ2v) is 6.70. The van der Waals surface area contributed by atoms with Crippen molar-refractivity contribution in [3.63, 3.8) is 0 Å². The number of benzene rings is 1. The van der Waals surface area contributed by atoms with Gasteiger partial charge in [0.15, 0.2) is 17.7 Å². The number of anilines is 3. The molecule has 0 radical (unpaired) electrons.